The standard InChI is InChI=1S/C57H36OS/c1-57(2)47-17-9-7-16-43(47)54-48(57)28-30-51-55(54)44-27-25-34-21-24-36(31-45(34)56(44)59-51)33-19-22-35(23-20-33)52-39-12-3-5-14-41(39)53(42-15-6-4-13-40(42)52)37-26-29-50-46(32-37)38-11-8-10-18-49(38)58-50/h3-32H,1-2H3. The van der Waals surface area contributed by atoms with E-state index in [4.69, 9.17) is 4.42 Å². The van der Waals surface area contributed by atoms with Crippen molar-refractivity contribution < 1.29 is 4.42 Å². The van der Waals surface area contributed by atoms with Gasteiger partial charge in [0.05, 0.1) is 0 Å². The minimum Gasteiger partial charge on any atom is -0.456 e. The van der Waals surface area contributed by atoms with Gasteiger partial charge in [0.1, 0.15) is 11.2 Å². The lowest BCUT2D eigenvalue weighted by Gasteiger charge is -2.21. The van der Waals surface area contributed by atoms with Gasteiger partial charge in [-0.2, -0.15) is 0 Å². The van der Waals surface area contributed by atoms with Crippen LogP contribution in [0.5, 0.6) is 0 Å². The van der Waals surface area contributed by atoms with Gasteiger partial charge >= 0.3 is 0 Å². The van der Waals surface area contributed by atoms with Crippen LogP contribution in [-0.4, -0.2) is 0 Å². The van der Waals surface area contributed by atoms with E-state index in [0.717, 1.165) is 21.9 Å². The van der Waals surface area contributed by atoms with Gasteiger partial charge in [-0.25, -0.2) is 0 Å². The summed E-state index contributed by atoms with van der Waals surface area (Å²) >= 11 is 1.93. The molecule has 276 valence electrons. The van der Waals surface area contributed by atoms with E-state index in [9.17, 15) is 0 Å². The molecule has 1 aliphatic rings. The molecule has 0 radical (unpaired) electrons. The Morgan fingerprint density at radius 2 is 0.966 bits per heavy atom. The summed E-state index contributed by atoms with van der Waals surface area (Å²) in [6.45, 7) is 4.74. The van der Waals surface area contributed by atoms with E-state index in [-0.39, 0.29) is 5.41 Å². The Balaban J connectivity index is 0.949. The second-order valence-corrected chi connectivity index (χ2v) is 17.8. The van der Waals surface area contributed by atoms with Crippen molar-refractivity contribution in [2.75, 3.05) is 0 Å². The zero-order valence-electron chi connectivity index (χ0n) is 32.6. The Morgan fingerprint density at radius 3 is 1.73 bits per heavy atom. The summed E-state index contributed by atoms with van der Waals surface area (Å²) in [5.41, 5.74) is 14.9. The summed E-state index contributed by atoms with van der Waals surface area (Å²) in [7, 11) is 0. The highest BCUT2D eigenvalue weighted by Crippen LogP contribution is 2.54. The predicted octanol–water partition coefficient (Wildman–Crippen LogP) is 16.7. The van der Waals surface area contributed by atoms with Crippen LogP contribution in [0.4, 0.5) is 0 Å². The molecule has 2 heterocycles. The smallest absolute Gasteiger partial charge is 0.135 e. The van der Waals surface area contributed by atoms with E-state index in [0.29, 0.717) is 0 Å². The predicted molar refractivity (Wildman–Crippen MR) is 253 cm³/mol. The Labute approximate surface area is 345 Å². The van der Waals surface area contributed by atoms with Crippen molar-refractivity contribution in [3.63, 3.8) is 0 Å². The van der Waals surface area contributed by atoms with Crippen molar-refractivity contribution in [2.45, 2.75) is 19.3 Å². The third-order valence-electron chi connectivity index (χ3n) is 13.3. The molecule has 2 aromatic heterocycles. The Morgan fingerprint density at radius 1 is 0.390 bits per heavy atom. The summed E-state index contributed by atoms with van der Waals surface area (Å²) in [4.78, 5) is 0. The molecule has 1 nitrogen and oxygen atoms in total. The summed E-state index contributed by atoms with van der Waals surface area (Å²) in [5, 5.41) is 12.6. The summed E-state index contributed by atoms with van der Waals surface area (Å²) < 4.78 is 8.94. The molecule has 13 rings (SSSR count). The summed E-state index contributed by atoms with van der Waals surface area (Å²) in [6, 6.07) is 67.5. The van der Waals surface area contributed by atoms with Gasteiger partial charge in [0.25, 0.3) is 0 Å². The molecule has 0 fully saturated rings. The Kier molecular flexibility index (Phi) is 6.73. The molecule has 0 amide bonds. The fourth-order valence-electron chi connectivity index (χ4n) is 10.5. The number of hydrogen-bond acceptors (Lipinski definition) is 2. The van der Waals surface area contributed by atoms with E-state index in [1.165, 1.54) is 108 Å². The molecule has 10 aromatic carbocycles. The molecule has 2 heteroatoms. The number of hydrogen-bond donors (Lipinski definition) is 0. The highest BCUT2D eigenvalue weighted by Gasteiger charge is 2.36. The molecule has 0 N–H and O–H groups in total. The van der Waals surface area contributed by atoms with Crippen molar-refractivity contribution in [2.24, 2.45) is 0 Å². The molecule has 59 heavy (non-hydrogen) atoms. The van der Waals surface area contributed by atoms with Crippen LogP contribution in [0.25, 0.3) is 119 Å². The largest absolute Gasteiger partial charge is 0.456 e. The number of fused-ring (bicyclic) bond motifs is 14. The summed E-state index contributed by atoms with van der Waals surface area (Å²) in [5.74, 6) is 0. The van der Waals surface area contributed by atoms with Gasteiger partial charge < -0.3 is 4.42 Å². The second kappa shape index (κ2) is 12.0. The molecular weight excluding hydrogens is 733 g/mol. The van der Waals surface area contributed by atoms with Crippen LogP contribution in [-0.2, 0) is 5.41 Å². The average Bonchev–Trinajstić information content (AvgIpc) is 3.93. The molecule has 0 spiro atoms. The Bertz CT molecular complexity index is 3690. The maximum atomic E-state index is 6.22. The van der Waals surface area contributed by atoms with Crippen LogP contribution in [0.3, 0.4) is 0 Å². The minimum absolute atomic E-state index is 0.0174. The molecule has 0 saturated heterocycles. The third-order valence-corrected chi connectivity index (χ3v) is 14.5. The van der Waals surface area contributed by atoms with Gasteiger partial charge in [-0.05, 0) is 113 Å². The zero-order chi connectivity index (χ0) is 39.0. The fraction of sp³-hybridized carbons (Fsp3) is 0.0526. The van der Waals surface area contributed by atoms with E-state index in [2.05, 4.69) is 184 Å². The normalized spacial score (nSPS) is 13.4. The van der Waals surface area contributed by atoms with Crippen molar-refractivity contribution in [1.82, 2.24) is 0 Å². The SMILES string of the molecule is CC1(C)c2ccccc2-c2c1ccc1sc3c4cc(-c5ccc(-c6c7ccccc7c(-c7ccc8oc9ccccc9c8c7)c7ccccc67)cc5)ccc4ccc3c21. The van der Waals surface area contributed by atoms with Crippen LogP contribution < -0.4 is 0 Å². The van der Waals surface area contributed by atoms with E-state index >= 15 is 0 Å². The first-order valence-corrected chi connectivity index (χ1v) is 21.3. The molecule has 0 atom stereocenters. The summed E-state index contributed by atoms with van der Waals surface area (Å²) in [6.07, 6.45) is 0. The molecule has 0 unspecified atom stereocenters. The van der Waals surface area contributed by atoms with Crippen LogP contribution in [0, 0.1) is 0 Å². The maximum absolute atomic E-state index is 6.22. The van der Waals surface area contributed by atoms with Gasteiger partial charge in [0.15, 0.2) is 0 Å². The number of furan rings is 1. The highest BCUT2D eigenvalue weighted by molar-refractivity contribution is 7.26. The van der Waals surface area contributed by atoms with E-state index in [1.807, 2.05) is 23.5 Å². The number of para-hydroxylation sites is 1. The number of rotatable bonds is 3. The first-order valence-electron chi connectivity index (χ1n) is 20.5. The average molecular weight is 769 g/mol. The highest BCUT2D eigenvalue weighted by atomic mass is 32.1. The van der Waals surface area contributed by atoms with Gasteiger partial charge in [0.2, 0.25) is 0 Å². The lowest BCUT2D eigenvalue weighted by Crippen LogP contribution is -2.14. The van der Waals surface area contributed by atoms with E-state index < -0.39 is 0 Å². The molecule has 12 aromatic rings. The zero-order valence-corrected chi connectivity index (χ0v) is 33.5. The monoisotopic (exact) mass is 768 g/mol. The number of thiophene rings is 1. The first kappa shape index (κ1) is 33.0. The Hall–Kier alpha value is -7.00. The topological polar surface area (TPSA) is 13.1 Å². The minimum atomic E-state index is -0.0174. The number of benzene rings is 10. The first-order chi connectivity index (χ1) is 29.0. The van der Waals surface area contributed by atoms with Crippen molar-refractivity contribution in [1.29, 1.82) is 0 Å². The second-order valence-electron chi connectivity index (χ2n) is 16.7. The quantitative estimate of drug-likeness (QED) is 0.163. The lowest BCUT2D eigenvalue weighted by molar-refractivity contribution is 0.661. The third kappa shape index (κ3) is 4.61. The molecule has 1 aliphatic carbocycles. The van der Waals surface area contributed by atoms with Gasteiger partial charge in [-0.15, -0.1) is 11.3 Å². The van der Waals surface area contributed by atoms with Gasteiger partial charge in [0, 0.05) is 41.7 Å². The van der Waals surface area contributed by atoms with Crippen molar-refractivity contribution in [3.05, 3.63) is 193 Å². The molecular formula is C57H36OS. The van der Waals surface area contributed by atoms with Crippen LogP contribution >= 0.6 is 11.3 Å². The lowest BCUT2D eigenvalue weighted by atomic mass is 9.82. The molecule has 0 aliphatic heterocycles. The van der Waals surface area contributed by atoms with Gasteiger partial charge in [-0.3, -0.25) is 0 Å². The van der Waals surface area contributed by atoms with E-state index in [1.54, 1.807) is 0 Å². The van der Waals surface area contributed by atoms with Crippen LogP contribution in [0.1, 0.15) is 25.0 Å². The van der Waals surface area contributed by atoms with Crippen molar-refractivity contribution >= 4 is 85.8 Å². The van der Waals surface area contributed by atoms with Crippen LogP contribution in [0.15, 0.2) is 186 Å². The molecule has 0 bridgehead atoms. The molecule has 0 saturated carbocycles. The van der Waals surface area contributed by atoms with Crippen LogP contribution in [0.2, 0.25) is 0 Å². The van der Waals surface area contributed by atoms with Gasteiger partial charge in [-0.1, -0.05) is 166 Å². The fourth-order valence-corrected chi connectivity index (χ4v) is 11.7. The van der Waals surface area contributed by atoms with Crippen molar-refractivity contribution in [3.8, 4) is 44.5 Å². The maximum Gasteiger partial charge on any atom is 0.135 e.